The minimum absolute atomic E-state index is 0.0644. The van der Waals surface area contributed by atoms with Crippen molar-refractivity contribution in [2.24, 2.45) is 5.14 Å². The number of sulfonamides is 1. The molecule has 19 heavy (non-hydrogen) atoms. The second-order valence-electron chi connectivity index (χ2n) is 4.51. The number of carbonyl (C=O) groups excluding carboxylic acids is 1. The average Bonchev–Trinajstić information content (AvgIpc) is 2.27. The fraction of sp³-hybridized carbons (Fsp3) is 0.308. The Morgan fingerprint density at radius 1 is 1.37 bits per heavy atom. The van der Waals surface area contributed by atoms with Crippen LogP contribution in [0.3, 0.4) is 0 Å². The molecule has 0 saturated heterocycles. The first kappa shape index (κ1) is 15.4. The average molecular weight is 282 g/mol. The summed E-state index contributed by atoms with van der Waals surface area (Å²) in [7, 11) is -3.80. The van der Waals surface area contributed by atoms with Gasteiger partial charge in [-0.05, 0) is 38.5 Å². The van der Waals surface area contributed by atoms with Crippen LogP contribution in [-0.2, 0) is 10.0 Å². The van der Waals surface area contributed by atoms with Crippen LogP contribution in [0.1, 0.15) is 29.8 Å². The van der Waals surface area contributed by atoms with Gasteiger partial charge in [0, 0.05) is 12.1 Å². The van der Waals surface area contributed by atoms with E-state index in [0.717, 1.165) is 5.57 Å². The number of hydrogen-bond donors (Lipinski definition) is 2. The summed E-state index contributed by atoms with van der Waals surface area (Å²) in [5, 5.41) is 7.75. The normalized spacial score (nSPS) is 10.9. The molecule has 0 aliphatic heterocycles. The van der Waals surface area contributed by atoms with Crippen LogP contribution in [0.2, 0.25) is 0 Å². The van der Waals surface area contributed by atoms with E-state index in [1.165, 1.54) is 12.1 Å². The van der Waals surface area contributed by atoms with Crippen molar-refractivity contribution in [3.8, 4) is 0 Å². The van der Waals surface area contributed by atoms with E-state index >= 15 is 0 Å². The first-order chi connectivity index (χ1) is 8.71. The van der Waals surface area contributed by atoms with Crippen LogP contribution in [0.25, 0.3) is 0 Å². The molecule has 0 radical (unpaired) electrons. The molecule has 0 fully saturated rings. The number of benzene rings is 1. The zero-order chi connectivity index (χ0) is 14.6. The van der Waals surface area contributed by atoms with E-state index in [2.05, 4.69) is 5.32 Å². The molecule has 1 aromatic rings. The number of carbonyl (C=O) groups is 1. The minimum Gasteiger partial charge on any atom is -0.349 e. The lowest BCUT2D eigenvalue weighted by atomic mass is 10.1. The zero-order valence-corrected chi connectivity index (χ0v) is 12.0. The van der Waals surface area contributed by atoms with Crippen molar-refractivity contribution >= 4 is 15.9 Å². The highest BCUT2D eigenvalue weighted by atomic mass is 32.2. The van der Waals surface area contributed by atoms with Gasteiger partial charge in [0.25, 0.3) is 5.91 Å². The van der Waals surface area contributed by atoms with Gasteiger partial charge in [-0.15, -0.1) is 0 Å². The highest BCUT2D eigenvalue weighted by Crippen LogP contribution is 2.14. The van der Waals surface area contributed by atoms with Gasteiger partial charge in [-0.3, -0.25) is 4.79 Å². The van der Waals surface area contributed by atoms with Crippen LogP contribution >= 0.6 is 0 Å². The van der Waals surface area contributed by atoms with Crippen LogP contribution in [0, 0.1) is 6.92 Å². The summed E-state index contributed by atoms with van der Waals surface area (Å²) in [5.41, 5.74) is 2.10. The van der Waals surface area contributed by atoms with Gasteiger partial charge in [0.05, 0.1) is 4.90 Å². The molecule has 1 rings (SSSR count). The Labute approximate surface area is 113 Å². The molecule has 0 heterocycles. The Hall–Kier alpha value is -1.66. The minimum atomic E-state index is -3.80. The van der Waals surface area contributed by atoms with E-state index in [0.29, 0.717) is 17.7 Å². The lowest BCUT2D eigenvalue weighted by Crippen LogP contribution is -2.25. The van der Waals surface area contributed by atoms with Gasteiger partial charge < -0.3 is 5.32 Å². The Balaban J connectivity index is 3.00. The summed E-state index contributed by atoms with van der Waals surface area (Å²) in [6.07, 6.45) is 1.87. The third kappa shape index (κ3) is 4.50. The SMILES string of the molecule is CC(C)=CCNC(=O)c1cc(S(N)(=O)=O)ccc1C. The summed E-state index contributed by atoms with van der Waals surface area (Å²) in [6, 6.07) is 4.25. The predicted octanol–water partition coefficient (Wildman–Crippen LogP) is 1.34. The largest absolute Gasteiger partial charge is 0.349 e. The van der Waals surface area contributed by atoms with Gasteiger partial charge in [0.2, 0.25) is 10.0 Å². The van der Waals surface area contributed by atoms with E-state index in [-0.39, 0.29) is 10.8 Å². The lowest BCUT2D eigenvalue weighted by molar-refractivity contribution is 0.0957. The first-order valence-corrected chi connectivity index (χ1v) is 7.31. The topological polar surface area (TPSA) is 89.3 Å². The van der Waals surface area contributed by atoms with Crippen molar-refractivity contribution in [3.63, 3.8) is 0 Å². The van der Waals surface area contributed by atoms with Gasteiger partial charge in [-0.1, -0.05) is 17.7 Å². The molecule has 0 aromatic heterocycles. The van der Waals surface area contributed by atoms with Crippen LogP contribution < -0.4 is 10.5 Å². The second kappa shape index (κ2) is 5.99. The number of amides is 1. The number of nitrogens with two attached hydrogens (primary N) is 1. The van der Waals surface area contributed by atoms with E-state index in [9.17, 15) is 13.2 Å². The van der Waals surface area contributed by atoms with Gasteiger partial charge in [0.1, 0.15) is 0 Å². The molecule has 0 aliphatic rings. The molecule has 0 aliphatic carbocycles. The molecule has 104 valence electrons. The molecule has 0 atom stereocenters. The van der Waals surface area contributed by atoms with Crippen LogP contribution in [-0.4, -0.2) is 20.9 Å². The number of allylic oxidation sites excluding steroid dienone is 1. The second-order valence-corrected chi connectivity index (χ2v) is 6.07. The number of aryl methyl sites for hydroxylation is 1. The summed E-state index contributed by atoms with van der Waals surface area (Å²) in [5.74, 6) is -0.319. The third-order valence-electron chi connectivity index (χ3n) is 2.56. The molecule has 5 nitrogen and oxygen atoms in total. The maximum absolute atomic E-state index is 12.0. The number of nitrogens with one attached hydrogen (secondary N) is 1. The smallest absolute Gasteiger partial charge is 0.251 e. The molecule has 3 N–H and O–H groups in total. The number of rotatable bonds is 4. The fourth-order valence-corrected chi connectivity index (χ4v) is 2.01. The van der Waals surface area contributed by atoms with Gasteiger partial charge in [-0.25, -0.2) is 13.6 Å². The highest BCUT2D eigenvalue weighted by Gasteiger charge is 2.14. The van der Waals surface area contributed by atoms with Crippen LogP contribution in [0.15, 0.2) is 34.7 Å². The molecular formula is C13H18N2O3S. The van der Waals surface area contributed by atoms with Crippen molar-refractivity contribution in [2.75, 3.05) is 6.54 Å². The molecule has 0 bridgehead atoms. The Bertz CT molecular complexity index is 615. The van der Waals surface area contributed by atoms with Crippen molar-refractivity contribution in [2.45, 2.75) is 25.7 Å². The molecule has 0 saturated carbocycles. The van der Waals surface area contributed by atoms with Gasteiger partial charge in [0.15, 0.2) is 0 Å². The number of primary sulfonamides is 1. The Morgan fingerprint density at radius 3 is 2.53 bits per heavy atom. The first-order valence-electron chi connectivity index (χ1n) is 5.77. The quantitative estimate of drug-likeness (QED) is 0.817. The maximum Gasteiger partial charge on any atom is 0.251 e. The summed E-state index contributed by atoms with van der Waals surface area (Å²) in [6.45, 7) is 6.00. The van der Waals surface area contributed by atoms with Crippen LogP contribution in [0.5, 0.6) is 0 Å². The number of hydrogen-bond acceptors (Lipinski definition) is 3. The van der Waals surface area contributed by atoms with Crippen LogP contribution in [0.4, 0.5) is 0 Å². The maximum atomic E-state index is 12.0. The highest BCUT2D eigenvalue weighted by molar-refractivity contribution is 7.89. The van der Waals surface area contributed by atoms with Crippen molar-refractivity contribution < 1.29 is 13.2 Å². The molecule has 1 aromatic carbocycles. The van der Waals surface area contributed by atoms with Gasteiger partial charge in [-0.2, -0.15) is 0 Å². The summed E-state index contributed by atoms with van der Waals surface area (Å²) in [4.78, 5) is 11.9. The summed E-state index contributed by atoms with van der Waals surface area (Å²) >= 11 is 0. The van der Waals surface area contributed by atoms with E-state index in [4.69, 9.17) is 5.14 Å². The Morgan fingerprint density at radius 2 is 2.00 bits per heavy atom. The molecule has 6 heteroatoms. The van der Waals surface area contributed by atoms with Crippen molar-refractivity contribution in [1.82, 2.24) is 5.32 Å². The van der Waals surface area contributed by atoms with Gasteiger partial charge >= 0.3 is 0 Å². The third-order valence-corrected chi connectivity index (χ3v) is 3.47. The van der Waals surface area contributed by atoms with E-state index in [1.807, 2.05) is 19.9 Å². The van der Waals surface area contributed by atoms with Crippen molar-refractivity contribution in [3.05, 3.63) is 41.0 Å². The standard InChI is InChI=1S/C13H18N2O3S/c1-9(2)6-7-15-13(16)12-8-11(19(14,17)18)5-4-10(12)3/h4-6,8H,7H2,1-3H3,(H,15,16)(H2,14,17,18). The lowest BCUT2D eigenvalue weighted by Gasteiger charge is -2.08. The molecule has 1 amide bonds. The van der Waals surface area contributed by atoms with E-state index < -0.39 is 10.0 Å². The van der Waals surface area contributed by atoms with Crippen molar-refractivity contribution in [1.29, 1.82) is 0 Å². The molecule has 0 unspecified atom stereocenters. The fourth-order valence-electron chi connectivity index (χ4n) is 1.47. The zero-order valence-electron chi connectivity index (χ0n) is 11.2. The Kier molecular flexibility index (Phi) is 4.85. The van der Waals surface area contributed by atoms with E-state index in [1.54, 1.807) is 13.0 Å². The monoisotopic (exact) mass is 282 g/mol. The summed E-state index contributed by atoms with van der Waals surface area (Å²) < 4.78 is 22.5. The molecule has 0 spiro atoms. The molecular weight excluding hydrogens is 264 g/mol. The predicted molar refractivity (Wildman–Crippen MR) is 74.3 cm³/mol.